The quantitative estimate of drug-likeness (QED) is 0.703. The Balaban J connectivity index is 0.00000338. The molecular formula is C16H20ClF7N2. The number of hydrogen-bond donors (Lipinski definition) is 1. The second-order valence-corrected chi connectivity index (χ2v) is 6.01. The maximum atomic E-state index is 14.5. The van der Waals surface area contributed by atoms with Crippen LogP contribution in [-0.4, -0.2) is 31.1 Å². The molecule has 0 saturated carbocycles. The third kappa shape index (κ3) is 5.23. The lowest BCUT2D eigenvalue weighted by molar-refractivity contribution is -0.144. The van der Waals surface area contributed by atoms with Crippen LogP contribution in [0.25, 0.3) is 0 Å². The van der Waals surface area contributed by atoms with Crippen molar-refractivity contribution in [3.63, 3.8) is 0 Å². The number of hydrogen-bond acceptors (Lipinski definition) is 2. The minimum atomic E-state index is -5.07. The average molecular weight is 409 g/mol. The Morgan fingerprint density at radius 2 is 1.62 bits per heavy atom. The highest BCUT2D eigenvalue weighted by Gasteiger charge is 2.42. The van der Waals surface area contributed by atoms with Crippen molar-refractivity contribution in [2.75, 3.05) is 26.2 Å². The van der Waals surface area contributed by atoms with Crippen molar-refractivity contribution in [1.82, 2.24) is 10.2 Å². The molecule has 1 saturated heterocycles. The number of nitrogens with one attached hydrogen (secondary N) is 1. The van der Waals surface area contributed by atoms with Crippen LogP contribution < -0.4 is 5.32 Å². The van der Waals surface area contributed by atoms with Crippen LogP contribution >= 0.6 is 12.4 Å². The van der Waals surface area contributed by atoms with E-state index < -0.39 is 40.9 Å². The number of nitrogens with zero attached hydrogens (tertiary/aromatic N) is 1. The van der Waals surface area contributed by atoms with Crippen molar-refractivity contribution in [3.05, 3.63) is 34.6 Å². The van der Waals surface area contributed by atoms with Gasteiger partial charge >= 0.3 is 12.4 Å². The van der Waals surface area contributed by atoms with Crippen molar-refractivity contribution >= 4 is 12.4 Å². The number of alkyl halides is 6. The first-order chi connectivity index (χ1) is 11.6. The second kappa shape index (κ2) is 8.75. The minimum absolute atomic E-state index is 0. The van der Waals surface area contributed by atoms with Crippen LogP contribution in [0.5, 0.6) is 0 Å². The zero-order valence-electron chi connectivity index (χ0n) is 14.0. The largest absolute Gasteiger partial charge is 0.416 e. The molecule has 1 fully saturated rings. The van der Waals surface area contributed by atoms with Gasteiger partial charge in [-0.05, 0) is 18.6 Å². The van der Waals surface area contributed by atoms with Gasteiger partial charge in [0.2, 0.25) is 0 Å². The Hall–Kier alpha value is -1.06. The highest BCUT2D eigenvalue weighted by molar-refractivity contribution is 5.85. The SMILES string of the molecule is CCC[C@@H](c1c(F)cc(C(F)(F)F)cc1C(F)(F)F)N1CCNCC1.Cl. The van der Waals surface area contributed by atoms with Gasteiger partial charge < -0.3 is 5.32 Å². The smallest absolute Gasteiger partial charge is 0.314 e. The Bertz CT molecular complexity index is 595. The molecule has 1 aromatic rings. The number of halogens is 8. The molecule has 0 amide bonds. The van der Waals surface area contributed by atoms with Gasteiger partial charge in [0.25, 0.3) is 0 Å². The molecule has 0 aromatic heterocycles. The number of benzene rings is 1. The molecule has 1 heterocycles. The van der Waals surface area contributed by atoms with Crippen molar-refractivity contribution in [3.8, 4) is 0 Å². The Morgan fingerprint density at radius 1 is 1.04 bits per heavy atom. The molecule has 0 unspecified atom stereocenters. The van der Waals surface area contributed by atoms with Crippen molar-refractivity contribution in [2.24, 2.45) is 0 Å². The van der Waals surface area contributed by atoms with E-state index in [0.717, 1.165) is 0 Å². The predicted octanol–water partition coefficient (Wildman–Crippen LogP) is 5.03. The van der Waals surface area contributed by atoms with Gasteiger partial charge in [-0.3, -0.25) is 4.90 Å². The van der Waals surface area contributed by atoms with Gasteiger partial charge in [0.05, 0.1) is 11.1 Å². The van der Waals surface area contributed by atoms with Crippen LogP contribution in [-0.2, 0) is 12.4 Å². The van der Waals surface area contributed by atoms with E-state index >= 15 is 0 Å². The van der Waals surface area contributed by atoms with E-state index in [4.69, 9.17) is 0 Å². The van der Waals surface area contributed by atoms with Crippen molar-refractivity contribution in [2.45, 2.75) is 38.2 Å². The van der Waals surface area contributed by atoms with Crippen molar-refractivity contribution < 1.29 is 30.7 Å². The van der Waals surface area contributed by atoms with Gasteiger partial charge in [0, 0.05) is 37.8 Å². The molecule has 150 valence electrons. The summed E-state index contributed by atoms with van der Waals surface area (Å²) in [5.41, 5.74) is -3.86. The zero-order valence-corrected chi connectivity index (χ0v) is 14.8. The first-order valence-corrected chi connectivity index (χ1v) is 7.98. The summed E-state index contributed by atoms with van der Waals surface area (Å²) >= 11 is 0. The maximum Gasteiger partial charge on any atom is 0.416 e. The monoisotopic (exact) mass is 408 g/mol. The van der Waals surface area contributed by atoms with E-state index in [-0.39, 0.29) is 31.0 Å². The first kappa shape index (κ1) is 23.0. The standard InChI is InChI=1S/C16H19F7N2.ClH/c1-2-3-13(25-6-4-24-5-7-25)14-11(16(21,22)23)8-10(9-12(14)17)15(18,19)20;/h8-9,13,24H,2-7H2,1H3;1H/t13-;/m0./s1. The van der Waals surface area contributed by atoms with Crippen LogP contribution in [0.4, 0.5) is 30.7 Å². The lowest BCUT2D eigenvalue weighted by atomic mass is 9.92. The lowest BCUT2D eigenvalue weighted by Crippen LogP contribution is -2.45. The van der Waals surface area contributed by atoms with Crippen LogP contribution in [0.1, 0.15) is 42.5 Å². The highest BCUT2D eigenvalue weighted by Crippen LogP contribution is 2.42. The third-order valence-corrected chi connectivity index (χ3v) is 4.25. The highest BCUT2D eigenvalue weighted by atomic mass is 35.5. The van der Waals surface area contributed by atoms with Crippen LogP contribution in [0.15, 0.2) is 12.1 Å². The molecule has 26 heavy (non-hydrogen) atoms. The van der Waals surface area contributed by atoms with Gasteiger partial charge in [0.1, 0.15) is 5.82 Å². The molecular weight excluding hydrogens is 389 g/mol. The molecule has 1 atom stereocenters. The molecule has 1 aliphatic rings. The lowest BCUT2D eigenvalue weighted by Gasteiger charge is -2.36. The average Bonchev–Trinajstić information content (AvgIpc) is 2.51. The van der Waals surface area contributed by atoms with E-state index in [1.54, 1.807) is 11.8 Å². The minimum Gasteiger partial charge on any atom is -0.314 e. The van der Waals surface area contributed by atoms with Crippen molar-refractivity contribution in [1.29, 1.82) is 0 Å². The van der Waals surface area contributed by atoms with Crippen LogP contribution in [0.2, 0.25) is 0 Å². The Morgan fingerprint density at radius 3 is 2.08 bits per heavy atom. The van der Waals surface area contributed by atoms with Gasteiger partial charge in [-0.15, -0.1) is 12.4 Å². The second-order valence-electron chi connectivity index (χ2n) is 6.01. The third-order valence-electron chi connectivity index (χ3n) is 4.25. The summed E-state index contributed by atoms with van der Waals surface area (Å²) in [7, 11) is 0. The summed E-state index contributed by atoms with van der Waals surface area (Å²) in [4.78, 5) is 1.70. The van der Waals surface area contributed by atoms with Gasteiger partial charge in [-0.1, -0.05) is 13.3 Å². The summed E-state index contributed by atoms with van der Waals surface area (Å²) in [5, 5.41) is 3.05. The normalized spacial score (nSPS) is 17.7. The van der Waals surface area contributed by atoms with E-state index in [1.165, 1.54) is 0 Å². The number of piperazine rings is 1. The van der Waals surface area contributed by atoms with Gasteiger partial charge in [-0.25, -0.2) is 4.39 Å². The molecule has 1 aliphatic heterocycles. The van der Waals surface area contributed by atoms with Gasteiger partial charge in [0.15, 0.2) is 0 Å². The Kier molecular flexibility index (Phi) is 7.74. The fourth-order valence-corrected chi connectivity index (χ4v) is 3.13. The van der Waals surface area contributed by atoms with E-state index in [2.05, 4.69) is 5.32 Å². The van der Waals surface area contributed by atoms with E-state index in [9.17, 15) is 30.7 Å². The molecule has 0 radical (unpaired) electrons. The first-order valence-electron chi connectivity index (χ1n) is 7.98. The topological polar surface area (TPSA) is 15.3 Å². The van der Waals surface area contributed by atoms with Crippen LogP contribution in [0, 0.1) is 5.82 Å². The molecule has 0 aliphatic carbocycles. The summed E-state index contributed by atoms with van der Waals surface area (Å²) in [5.74, 6) is -1.46. The van der Waals surface area contributed by atoms with E-state index in [0.29, 0.717) is 32.6 Å². The summed E-state index contributed by atoms with van der Waals surface area (Å²) in [6, 6.07) is -0.732. The molecule has 2 nitrogen and oxygen atoms in total. The van der Waals surface area contributed by atoms with Gasteiger partial charge in [-0.2, -0.15) is 26.3 Å². The molecule has 0 spiro atoms. The number of rotatable bonds is 4. The molecule has 1 N–H and O–H groups in total. The predicted molar refractivity (Wildman–Crippen MR) is 85.7 cm³/mol. The molecule has 0 bridgehead atoms. The maximum absolute atomic E-state index is 14.5. The fourth-order valence-electron chi connectivity index (χ4n) is 3.13. The molecule has 1 aromatic carbocycles. The fraction of sp³-hybridized carbons (Fsp3) is 0.625. The molecule has 10 heteroatoms. The summed E-state index contributed by atoms with van der Waals surface area (Å²) in [6.45, 7) is 3.61. The Labute approximate surface area is 153 Å². The zero-order chi connectivity index (χ0) is 18.8. The van der Waals surface area contributed by atoms with E-state index in [1.807, 2.05) is 0 Å². The summed E-state index contributed by atoms with van der Waals surface area (Å²) in [6.07, 6.45) is -9.41. The summed E-state index contributed by atoms with van der Waals surface area (Å²) < 4.78 is 93.1. The molecule has 2 rings (SSSR count). The van der Waals surface area contributed by atoms with Crippen LogP contribution in [0.3, 0.4) is 0 Å².